The highest BCUT2D eigenvalue weighted by Gasteiger charge is 2.35. The molecule has 1 rings (SSSR count). The summed E-state index contributed by atoms with van der Waals surface area (Å²) < 4.78 is 5.60. The number of hydrogen-bond acceptors (Lipinski definition) is 3. The van der Waals surface area contributed by atoms with E-state index in [-0.39, 0.29) is 12.5 Å². The second-order valence-electron chi connectivity index (χ2n) is 5.83. The third-order valence-electron chi connectivity index (χ3n) is 3.68. The number of likely N-dealkylation sites (N-methyl/N-ethyl adjacent to an activating group) is 1. The second-order valence-corrected chi connectivity index (χ2v) is 5.83. The van der Waals surface area contributed by atoms with E-state index in [1.54, 1.807) is 0 Å². The molecule has 0 bridgehead atoms. The van der Waals surface area contributed by atoms with E-state index in [2.05, 4.69) is 0 Å². The van der Waals surface area contributed by atoms with Gasteiger partial charge in [0.15, 0.2) is 6.61 Å². The number of ether oxygens (including phenoxy) is 1. The molecule has 0 saturated heterocycles. The predicted molar refractivity (Wildman–Crippen MR) is 80.6 cm³/mol. The number of carbonyl (C=O) groups is 2. The minimum absolute atomic E-state index is 0.183. The lowest BCUT2D eigenvalue weighted by Crippen LogP contribution is -2.52. The number of amides is 1. The molecule has 1 aromatic rings. The smallest absolute Gasteiger partial charge is 0.329 e. The molecule has 0 aromatic heterocycles. The van der Waals surface area contributed by atoms with Crippen molar-refractivity contribution in [3.05, 3.63) is 28.8 Å². The van der Waals surface area contributed by atoms with E-state index in [9.17, 15) is 9.59 Å². The molecule has 0 saturated carbocycles. The van der Waals surface area contributed by atoms with Gasteiger partial charge in [-0.3, -0.25) is 4.79 Å². The first-order valence-electron chi connectivity index (χ1n) is 6.78. The molecule has 5 heteroatoms. The molecule has 0 heterocycles. The van der Waals surface area contributed by atoms with Crippen LogP contribution in [-0.2, 0) is 9.59 Å². The standard InChI is InChI=1S/C16H23NO4/c1-10-7-11(2)14(12(3)8-10)21-9-13(18)17(6)16(4,5)15(19)20/h7-8H,9H2,1-6H3,(H,19,20). The number of nitrogens with zero attached hydrogens (tertiary/aromatic N) is 1. The van der Waals surface area contributed by atoms with Gasteiger partial charge in [-0.1, -0.05) is 17.7 Å². The Labute approximate surface area is 125 Å². The Bertz CT molecular complexity index is 540. The van der Waals surface area contributed by atoms with Gasteiger partial charge in [0.25, 0.3) is 5.91 Å². The largest absolute Gasteiger partial charge is 0.483 e. The summed E-state index contributed by atoms with van der Waals surface area (Å²) in [6, 6.07) is 3.97. The molecule has 0 fully saturated rings. The van der Waals surface area contributed by atoms with Crippen LogP contribution in [0, 0.1) is 20.8 Å². The molecule has 0 spiro atoms. The van der Waals surface area contributed by atoms with Gasteiger partial charge in [0.2, 0.25) is 0 Å². The summed E-state index contributed by atoms with van der Waals surface area (Å²) in [6.07, 6.45) is 0. The molecule has 0 aliphatic carbocycles. The summed E-state index contributed by atoms with van der Waals surface area (Å²) in [6.45, 7) is 8.62. The number of hydrogen-bond donors (Lipinski definition) is 1. The summed E-state index contributed by atoms with van der Waals surface area (Å²) in [5.74, 6) is -0.752. The van der Waals surface area contributed by atoms with Crippen molar-refractivity contribution in [3.8, 4) is 5.75 Å². The number of aryl methyl sites for hydroxylation is 3. The van der Waals surface area contributed by atoms with E-state index in [0.29, 0.717) is 5.75 Å². The summed E-state index contributed by atoms with van der Waals surface area (Å²) in [7, 11) is 1.47. The number of aliphatic carboxylic acids is 1. The molecule has 5 nitrogen and oxygen atoms in total. The van der Waals surface area contributed by atoms with Crippen molar-refractivity contribution in [2.75, 3.05) is 13.7 Å². The summed E-state index contributed by atoms with van der Waals surface area (Å²) in [4.78, 5) is 24.4. The first-order chi connectivity index (χ1) is 9.57. The Morgan fingerprint density at radius 1 is 1.19 bits per heavy atom. The van der Waals surface area contributed by atoms with Crippen molar-refractivity contribution in [1.29, 1.82) is 0 Å². The Morgan fingerprint density at radius 2 is 1.67 bits per heavy atom. The number of rotatable bonds is 5. The molecule has 0 atom stereocenters. The number of carbonyl (C=O) groups excluding carboxylic acids is 1. The van der Waals surface area contributed by atoms with Crippen LogP contribution >= 0.6 is 0 Å². The van der Waals surface area contributed by atoms with Gasteiger partial charge in [0.1, 0.15) is 11.3 Å². The van der Waals surface area contributed by atoms with Crippen LogP contribution in [0.15, 0.2) is 12.1 Å². The Morgan fingerprint density at radius 3 is 2.10 bits per heavy atom. The number of benzene rings is 1. The maximum absolute atomic E-state index is 12.1. The van der Waals surface area contributed by atoms with Gasteiger partial charge in [0.05, 0.1) is 0 Å². The third kappa shape index (κ3) is 3.74. The van der Waals surface area contributed by atoms with Gasteiger partial charge >= 0.3 is 5.97 Å². The van der Waals surface area contributed by atoms with Gasteiger partial charge in [-0.25, -0.2) is 4.79 Å². The van der Waals surface area contributed by atoms with Crippen LogP contribution < -0.4 is 4.74 Å². The van der Waals surface area contributed by atoms with E-state index < -0.39 is 11.5 Å². The summed E-state index contributed by atoms with van der Waals surface area (Å²) in [5, 5.41) is 9.13. The Hall–Kier alpha value is -2.04. The van der Waals surface area contributed by atoms with Gasteiger partial charge in [-0.2, -0.15) is 0 Å². The fourth-order valence-corrected chi connectivity index (χ4v) is 2.08. The summed E-state index contributed by atoms with van der Waals surface area (Å²) >= 11 is 0. The second kappa shape index (κ2) is 6.16. The minimum atomic E-state index is -1.27. The number of carboxylic acid groups (broad SMARTS) is 1. The molecule has 1 amide bonds. The zero-order valence-corrected chi connectivity index (χ0v) is 13.5. The average molecular weight is 293 g/mol. The third-order valence-corrected chi connectivity index (χ3v) is 3.68. The minimum Gasteiger partial charge on any atom is -0.483 e. The van der Waals surface area contributed by atoms with Gasteiger partial charge < -0.3 is 14.7 Å². The molecular weight excluding hydrogens is 270 g/mol. The molecule has 1 aromatic carbocycles. The molecular formula is C16H23NO4. The fraction of sp³-hybridized carbons (Fsp3) is 0.500. The zero-order chi connectivity index (χ0) is 16.4. The van der Waals surface area contributed by atoms with Crippen molar-refractivity contribution < 1.29 is 19.4 Å². The van der Waals surface area contributed by atoms with E-state index in [0.717, 1.165) is 16.7 Å². The average Bonchev–Trinajstić information content (AvgIpc) is 2.35. The van der Waals surface area contributed by atoms with E-state index in [1.807, 2.05) is 32.9 Å². The van der Waals surface area contributed by atoms with Crippen LogP contribution in [0.3, 0.4) is 0 Å². The molecule has 1 N–H and O–H groups in total. The zero-order valence-electron chi connectivity index (χ0n) is 13.5. The highest BCUT2D eigenvalue weighted by atomic mass is 16.5. The van der Waals surface area contributed by atoms with Crippen molar-refractivity contribution in [3.63, 3.8) is 0 Å². The molecule has 21 heavy (non-hydrogen) atoms. The SMILES string of the molecule is Cc1cc(C)c(OCC(=O)N(C)C(C)(C)C(=O)O)c(C)c1. The van der Waals surface area contributed by atoms with Gasteiger partial charge in [0, 0.05) is 7.05 Å². The number of carboxylic acids is 1. The van der Waals surface area contributed by atoms with Crippen molar-refractivity contribution in [2.45, 2.75) is 40.2 Å². The molecule has 0 aliphatic heterocycles. The molecule has 0 aliphatic rings. The van der Waals surface area contributed by atoms with Crippen LogP contribution in [0.25, 0.3) is 0 Å². The van der Waals surface area contributed by atoms with Crippen LogP contribution in [0.5, 0.6) is 5.75 Å². The monoisotopic (exact) mass is 293 g/mol. The van der Waals surface area contributed by atoms with Crippen LogP contribution in [0.1, 0.15) is 30.5 Å². The predicted octanol–water partition coefficient (Wildman–Crippen LogP) is 2.31. The van der Waals surface area contributed by atoms with Crippen molar-refractivity contribution in [1.82, 2.24) is 4.90 Å². The summed E-state index contributed by atoms with van der Waals surface area (Å²) in [5.41, 5.74) is 1.78. The first kappa shape index (κ1) is 17.0. The van der Waals surface area contributed by atoms with Crippen molar-refractivity contribution in [2.24, 2.45) is 0 Å². The lowest BCUT2D eigenvalue weighted by Gasteiger charge is -2.31. The fourth-order valence-electron chi connectivity index (χ4n) is 2.08. The van der Waals surface area contributed by atoms with Gasteiger partial charge in [-0.05, 0) is 45.7 Å². The first-order valence-corrected chi connectivity index (χ1v) is 6.78. The van der Waals surface area contributed by atoms with Gasteiger partial charge in [-0.15, -0.1) is 0 Å². The van der Waals surface area contributed by atoms with Crippen LogP contribution in [0.4, 0.5) is 0 Å². The van der Waals surface area contributed by atoms with E-state index in [1.165, 1.54) is 25.8 Å². The highest BCUT2D eigenvalue weighted by Crippen LogP contribution is 2.24. The quantitative estimate of drug-likeness (QED) is 0.904. The molecule has 0 unspecified atom stereocenters. The van der Waals surface area contributed by atoms with Crippen LogP contribution in [-0.4, -0.2) is 41.1 Å². The molecule has 116 valence electrons. The maximum Gasteiger partial charge on any atom is 0.329 e. The normalized spacial score (nSPS) is 11.1. The van der Waals surface area contributed by atoms with E-state index >= 15 is 0 Å². The lowest BCUT2D eigenvalue weighted by molar-refractivity contribution is -0.156. The topological polar surface area (TPSA) is 66.8 Å². The Kier molecular flexibility index (Phi) is 4.99. The van der Waals surface area contributed by atoms with Crippen molar-refractivity contribution >= 4 is 11.9 Å². The lowest BCUT2D eigenvalue weighted by atomic mass is 10.0. The highest BCUT2D eigenvalue weighted by molar-refractivity contribution is 5.86. The maximum atomic E-state index is 12.1. The van der Waals surface area contributed by atoms with E-state index in [4.69, 9.17) is 9.84 Å². The Balaban J connectivity index is 2.81. The van der Waals surface area contributed by atoms with Crippen LogP contribution in [0.2, 0.25) is 0 Å². The molecule has 0 radical (unpaired) electrons.